The van der Waals surface area contributed by atoms with E-state index in [9.17, 15) is 18.3 Å². The Hall–Kier alpha value is -1.68. The molecule has 118 valence electrons. The molecule has 10 heteroatoms. The molecule has 0 unspecified atom stereocenters. The van der Waals surface area contributed by atoms with Crippen LogP contribution < -0.4 is 10.6 Å². The maximum Gasteiger partial charge on any atom is 0.451 e. The maximum absolute atomic E-state index is 12.7. The number of alkyl halides is 3. The smallest absolute Gasteiger partial charge is 0.394 e. The topological polar surface area (TPSA) is 97.4 Å². The number of aliphatic hydroxyl groups excluding tert-OH is 1. The lowest BCUT2D eigenvalue weighted by molar-refractivity contribution is -0.145. The minimum Gasteiger partial charge on any atom is -0.394 e. The quantitative estimate of drug-likeness (QED) is 0.818. The lowest BCUT2D eigenvalue weighted by Crippen LogP contribution is -2.54. The van der Waals surface area contributed by atoms with E-state index in [2.05, 4.69) is 15.0 Å². The summed E-state index contributed by atoms with van der Waals surface area (Å²) < 4.78 is 43.7. The van der Waals surface area contributed by atoms with E-state index >= 15 is 0 Å². The van der Waals surface area contributed by atoms with Crippen molar-refractivity contribution in [1.29, 1.82) is 0 Å². The second kappa shape index (κ2) is 5.26. The number of nitrogen functional groups attached to an aromatic ring is 1. The maximum atomic E-state index is 12.7. The molecular formula is C11H16F3N5O2. The van der Waals surface area contributed by atoms with Gasteiger partial charge in [0.2, 0.25) is 17.7 Å². The van der Waals surface area contributed by atoms with Crippen molar-refractivity contribution in [2.45, 2.75) is 31.7 Å². The molecule has 7 nitrogen and oxygen atoms in total. The molecule has 1 aromatic rings. The van der Waals surface area contributed by atoms with Crippen LogP contribution in [-0.2, 0) is 10.9 Å². The Labute approximate surface area is 119 Å². The van der Waals surface area contributed by atoms with Gasteiger partial charge in [0, 0.05) is 13.1 Å². The molecule has 0 bridgehead atoms. The zero-order valence-corrected chi connectivity index (χ0v) is 11.6. The molecule has 0 aromatic carbocycles. The van der Waals surface area contributed by atoms with Crippen molar-refractivity contribution in [3.05, 3.63) is 5.82 Å². The van der Waals surface area contributed by atoms with Gasteiger partial charge >= 0.3 is 6.18 Å². The Bertz CT molecular complexity index is 523. The van der Waals surface area contributed by atoms with E-state index in [0.717, 1.165) is 0 Å². The summed E-state index contributed by atoms with van der Waals surface area (Å²) in [5.41, 5.74) is 4.67. The second-order valence-corrected chi connectivity index (χ2v) is 5.38. The summed E-state index contributed by atoms with van der Waals surface area (Å²) in [5.74, 6) is -2.02. The van der Waals surface area contributed by atoms with E-state index in [4.69, 9.17) is 10.5 Å². The van der Waals surface area contributed by atoms with Crippen molar-refractivity contribution in [3.63, 3.8) is 0 Å². The van der Waals surface area contributed by atoms with Crippen LogP contribution in [0.15, 0.2) is 0 Å². The molecule has 0 saturated carbocycles. The van der Waals surface area contributed by atoms with Crippen molar-refractivity contribution >= 4 is 11.9 Å². The van der Waals surface area contributed by atoms with Gasteiger partial charge in [-0.15, -0.1) is 0 Å². The van der Waals surface area contributed by atoms with E-state index < -0.39 is 29.7 Å². The van der Waals surface area contributed by atoms with Gasteiger partial charge in [-0.3, -0.25) is 0 Å². The van der Waals surface area contributed by atoms with Crippen molar-refractivity contribution in [1.82, 2.24) is 15.0 Å². The highest BCUT2D eigenvalue weighted by atomic mass is 19.4. The number of nitrogens with zero attached hydrogens (tertiary/aromatic N) is 4. The Morgan fingerprint density at radius 3 is 2.62 bits per heavy atom. The number of aliphatic hydroxyl groups is 1. The molecule has 0 spiro atoms. The van der Waals surface area contributed by atoms with E-state index in [1.165, 1.54) is 4.90 Å². The van der Waals surface area contributed by atoms with Crippen LogP contribution in [0.2, 0.25) is 0 Å². The molecule has 1 fully saturated rings. The van der Waals surface area contributed by atoms with Crippen LogP contribution in [0.1, 0.15) is 19.7 Å². The zero-order valence-electron chi connectivity index (χ0n) is 11.6. The Kier molecular flexibility index (Phi) is 3.93. The number of morpholine rings is 1. The first-order valence-corrected chi connectivity index (χ1v) is 6.23. The Morgan fingerprint density at radius 2 is 2.05 bits per heavy atom. The molecule has 3 N–H and O–H groups in total. The van der Waals surface area contributed by atoms with Gasteiger partial charge in [0.1, 0.15) is 0 Å². The lowest BCUT2D eigenvalue weighted by Gasteiger charge is -2.42. The number of ether oxygens (including phenoxy) is 1. The summed E-state index contributed by atoms with van der Waals surface area (Å²) in [6.07, 6.45) is -5.25. The molecule has 1 atom stereocenters. The van der Waals surface area contributed by atoms with Crippen LogP contribution in [-0.4, -0.2) is 51.5 Å². The molecular weight excluding hydrogens is 291 g/mol. The van der Waals surface area contributed by atoms with Gasteiger partial charge in [-0.1, -0.05) is 0 Å². The molecule has 0 aliphatic carbocycles. The molecule has 0 amide bonds. The normalized spacial score (nSPS) is 22.4. The number of rotatable bonds is 2. The highest BCUT2D eigenvalue weighted by molar-refractivity contribution is 5.36. The fourth-order valence-electron chi connectivity index (χ4n) is 2.19. The van der Waals surface area contributed by atoms with Crippen LogP contribution in [0.4, 0.5) is 25.1 Å². The fraction of sp³-hybridized carbons (Fsp3) is 0.727. The minimum absolute atomic E-state index is 0.167. The van der Waals surface area contributed by atoms with Crippen molar-refractivity contribution in [2.24, 2.45) is 0 Å². The summed E-state index contributed by atoms with van der Waals surface area (Å²) >= 11 is 0. The van der Waals surface area contributed by atoms with Gasteiger partial charge < -0.3 is 20.5 Å². The molecule has 2 heterocycles. The third-order valence-electron chi connectivity index (χ3n) is 2.86. The summed E-state index contributed by atoms with van der Waals surface area (Å²) in [6.45, 7) is 3.70. The Morgan fingerprint density at radius 1 is 1.38 bits per heavy atom. The Balaban J connectivity index is 2.34. The second-order valence-electron chi connectivity index (χ2n) is 5.38. The number of hydrogen-bond acceptors (Lipinski definition) is 7. The number of halogens is 3. The highest BCUT2D eigenvalue weighted by Crippen LogP contribution is 2.29. The van der Waals surface area contributed by atoms with E-state index in [1.54, 1.807) is 13.8 Å². The summed E-state index contributed by atoms with van der Waals surface area (Å²) in [6, 6.07) is 0. The third-order valence-corrected chi connectivity index (χ3v) is 2.86. The zero-order chi connectivity index (χ0) is 15.8. The third kappa shape index (κ3) is 3.70. The van der Waals surface area contributed by atoms with E-state index in [-0.39, 0.29) is 25.6 Å². The van der Waals surface area contributed by atoms with Gasteiger partial charge in [0.05, 0.1) is 18.3 Å². The molecule has 1 aliphatic rings. The first kappa shape index (κ1) is 15.7. The first-order valence-electron chi connectivity index (χ1n) is 6.23. The van der Waals surface area contributed by atoms with Crippen LogP contribution in [0.3, 0.4) is 0 Å². The van der Waals surface area contributed by atoms with Gasteiger partial charge in [-0.25, -0.2) is 0 Å². The van der Waals surface area contributed by atoms with Crippen LogP contribution in [0.5, 0.6) is 0 Å². The van der Waals surface area contributed by atoms with Crippen LogP contribution in [0.25, 0.3) is 0 Å². The molecule has 1 aromatic heterocycles. The van der Waals surface area contributed by atoms with Gasteiger partial charge in [0.15, 0.2) is 0 Å². The summed E-state index contributed by atoms with van der Waals surface area (Å²) in [7, 11) is 0. The van der Waals surface area contributed by atoms with E-state index in [0.29, 0.717) is 0 Å². The number of anilines is 2. The molecule has 2 rings (SSSR count). The van der Waals surface area contributed by atoms with Crippen LogP contribution >= 0.6 is 0 Å². The molecule has 0 radical (unpaired) electrons. The molecule has 1 aliphatic heterocycles. The van der Waals surface area contributed by atoms with Crippen LogP contribution in [0, 0.1) is 0 Å². The summed E-state index contributed by atoms with van der Waals surface area (Å²) in [4.78, 5) is 11.8. The number of aromatic nitrogens is 3. The largest absolute Gasteiger partial charge is 0.451 e. The predicted molar refractivity (Wildman–Crippen MR) is 67.5 cm³/mol. The number of hydrogen-bond donors (Lipinski definition) is 2. The van der Waals surface area contributed by atoms with Gasteiger partial charge in [-0.2, -0.15) is 28.1 Å². The van der Waals surface area contributed by atoms with E-state index in [1.807, 2.05) is 0 Å². The standard InChI is InChI=1S/C11H16F3N5O2/c1-10(2)5-19(3-6(4-20)21-10)9-17-7(11(12,13)14)16-8(15)18-9/h6,20H,3-5H2,1-2H3,(H2,15,16,17,18)/t6-/m0/s1. The van der Waals surface area contributed by atoms with Gasteiger partial charge in [-0.05, 0) is 13.8 Å². The monoisotopic (exact) mass is 307 g/mol. The summed E-state index contributed by atoms with van der Waals surface area (Å²) in [5, 5.41) is 9.22. The predicted octanol–water partition coefficient (Wildman–Crippen LogP) is 0.449. The SMILES string of the molecule is CC1(C)CN(c2nc(N)nc(C(F)(F)F)n2)C[C@@H](CO)O1. The van der Waals surface area contributed by atoms with Crippen molar-refractivity contribution < 1.29 is 23.0 Å². The van der Waals surface area contributed by atoms with Crippen molar-refractivity contribution in [2.75, 3.05) is 30.3 Å². The fourth-order valence-corrected chi connectivity index (χ4v) is 2.19. The lowest BCUT2D eigenvalue weighted by atomic mass is 10.1. The number of nitrogens with two attached hydrogens (primary N) is 1. The minimum atomic E-state index is -4.70. The van der Waals surface area contributed by atoms with Gasteiger partial charge in [0.25, 0.3) is 0 Å². The average molecular weight is 307 g/mol. The van der Waals surface area contributed by atoms with Crippen molar-refractivity contribution in [3.8, 4) is 0 Å². The molecule has 1 saturated heterocycles. The first-order chi connectivity index (χ1) is 9.60. The average Bonchev–Trinajstić information content (AvgIpc) is 2.35. The highest BCUT2D eigenvalue weighted by Gasteiger charge is 2.38. The molecule has 21 heavy (non-hydrogen) atoms.